The number of aryl methyl sites for hydroxylation is 1. The summed E-state index contributed by atoms with van der Waals surface area (Å²) in [4.78, 5) is 10.7. The van der Waals surface area contributed by atoms with Crippen molar-refractivity contribution in [3.8, 4) is 0 Å². The molecule has 5 heteroatoms. The van der Waals surface area contributed by atoms with Gasteiger partial charge in [-0.05, 0) is 12.5 Å². The van der Waals surface area contributed by atoms with Crippen LogP contribution in [0.25, 0.3) is 0 Å². The fourth-order valence-corrected chi connectivity index (χ4v) is 2.18. The van der Waals surface area contributed by atoms with E-state index in [1.807, 2.05) is 25.1 Å². The van der Waals surface area contributed by atoms with Gasteiger partial charge in [0.2, 0.25) is 0 Å². The second kappa shape index (κ2) is 7.22. The van der Waals surface area contributed by atoms with Crippen molar-refractivity contribution in [3.05, 3.63) is 52.9 Å². The molecular weight excluding hydrogens is 274 g/mol. The summed E-state index contributed by atoms with van der Waals surface area (Å²) >= 11 is 6.02. The molecule has 0 aliphatic heterocycles. The zero-order chi connectivity index (χ0) is 14.4. The highest BCUT2D eigenvalue weighted by Crippen LogP contribution is 2.18. The smallest absolute Gasteiger partial charge is 0.134 e. The predicted molar refractivity (Wildman–Crippen MR) is 81.1 cm³/mol. The van der Waals surface area contributed by atoms with Crippen molar-refractivity contribution in [2.75, 3.05) is 25.2 Å². The van der Waals surface area contributed by atoms with Gasteiger partial charge in [0.1, 0.15) is 16.8 Å². The molecule has 0 aliphatic rings. The summed E-state index contributed by atoms with van der Waals surface area (Å²) < 4.78 is 5.17. The molecule has 0 bridgehead atoms. The molecule has 0 saturated carbocycles. The lowest BCUT2D eigenvalue weighted by molar-refractivity contribution is 0.205. The third-order valence-electron chi connectivity index (χ3n) is 2.90. The maximum atomic E-state index is 6.02. The first-order valence-corrected chi connectivity index (χ1v) is 6.86. The Bertz CT molecular complexity index is 528. The van der Waals surface area contributed by atoms with Gasteiger partial charge in [0.05, 0.1) is 6.61 Å². The summed E-state index contributed by atoms with van der Waals surface area (Å²) in [5, 5.41) is 0.461. The average Bonchev–Trinajstić information content (AvgIpc) is 2.43. The van der Waals surface area contributed by atoms with Crippen LogP contribution in [0.4, 0.5) is 5.82 Å². The zero-order valence-corrected chi connectivity index (χ0v) is 12.5. The van der Waals surface area contributed by atoms with Crippen LogP contribution in [-0.4, -0.2) is 30.2 Å². The molecule has 0 atom stereocenters. The number of hydrogen-bond donors (Lipinski definition) is 0. The Hall–Kier alpha value is -1.65. The number of ether oxygens (including phenoxy) is 1. The van der Waals surface area contributed by atoms with Gasteiger partial charge in [-0.15, -0.1) is 0 Å². The molecule has 0 saturated heterocycles. The van der Waals surface area contributed by atoms with E-state index in [4.69, 9.17) is 16.3 Å². The van der Waals surface area contributed by atoms with E-state index in [0.717, 1.165) is 18.9 Å². The summed E-state index contributed by atoms with van der Waals surface area (Å²) in [7, 11) is 1.69. The van der Waals surface area contributed by atoms with E-state index in [1.54, 1.807) is 13.2 Å². The summed E-state index contributed by atoms with van der Waals surface area (Å²) in [6.45, 7) is 3.98. The summed E-state index contributed by atoms with van der Waals surface area (Å²) in [6.07, 6.45) is 0. The van der Waals surface area contributed by atoms with Gasteiger partial charge in [-0.25, -0.2) is 9.97 Å². The number of nitrogens with zero attached hydrogens (tertiary/aromatic N) is 3. The van der Waals surface area contributed by atoms with Crippen LogP contribution < -0.4 is 4.90 Å². The fourth-order valence-electron chi connectivity index (χ4n) is 1.96. The second-order valence-electron chi connectivity index (χ2n) is 4.50. The number of benzene rings is 1. The van der Waals surface area contributed by atoms with Gasteiger partial charge in [-0.1, -0.05) is 41.9 Å². The van der Waals surface area contributed by atoms with Crippen molar-refractivity contribution >= 4 is 17.4 Å². The Balaban J connectivity index is 2.22. The lowest BCUT2D eigenvalue weighted by Gasteiger charge is -2.23. The third kappa shape index (κ3) is 4.18. The first-order chi connectivity index (χ1) is 9.69. The topological polar surface area (TPSA) is 38.2 Å². The standard InChI is InChI=1S/C15H18ClN3O/c1-12-17-14(16)10-15(18-12)19(8-9-20-2)11-13-6-4-3-5-7-13/h3-7,10H,8-9,11H2,1-2H3. The summed E-state index contributed by atoms with van der Waals surface area (Å²) in [6, 6.07) is 12.0. The van der Waals surface area contributed by atoms with Gasteiger partial charge < -0.3 is 9.64 Å². The molecule has 1 heterocycles. The largest absolute Gasteiger partial charge is 0.383 e. The molecule has 0 aliphatic carbocycles. The summed E-state index contributed by atoms with van der Waals surface area (Å²) in [5.41, 5.74) is 1.22. The van der Waals surface area contributed by atoms with Crippen LogP contribution in [0.5, 0.6) is 0 Å². The van der Waals surface area contributed by atoms with E-state index in [0.29, 0.717) is 17.6 Å². The van der Waals surface area contributed by atoms with Crippen LogP contribution in [0, 0.1) is 6.92 Å². The fraction of sp³-hybridized carbons (Fsp3) is 0.333. The predicted octanol–water partition coefficient (Wildman–Crippen LogP) is 3.09. The highest BCUT2D eigenvalue weighted by atomic mass is 35.5. The van der Waals surface area contributed by atoms with Crippen molar-refractivity contribution in [2.24, 2.45) is 0 Å². The Morgan fingerprint density at radius 3 is 2.60 bits per heavy atom. The van der Waals surface area contributed by atoms with E-state index in [-0.39, 0.29) is 0 Å². The van der Waals surface area contributed by atoms with Crippen molar-refractivity contribution in [1.82, 2.24) is 9.97 Å². The van der Waals surface area contributed by atoms with Crippen LogP contribution in [0.1, 0.15) is 11.4 Å². The molecule has 0 N–H and O–H groups in total. The van der Waals surface area contributed by atoms with Crippen molar-refractivity contribution in [1.29, 1.82) is 0 Å². The van der Waals surface area contributed by atoms with Gasteiger partial charge >= 0.3 is 0 Å². The van der Waals surface area contributed by atoms with E-state index < -0.39 is 0 Å². The number of methoxy groups -OCH3 is 1. The van der Waals surface area contributed by atoms with E-state index in [9.17, 15) is 0 Å². The van der Waals surface area contributed by atoms with E-state index >= 15 is 0 Å². The van der Waals surface area contributed by atoms with Gasteiger partial charge in [0.25, 0.3) is 0 Å². The molecule has 1 aromatic heterocycles. The second-order valence-corrected chi connectivity index (χ2v) is 4.88. The first kappa shape index (κ1) is 14.8. The number of halogens is 1. The van der Waals surface area contributed by atoms with Crippen LogP contribution in [0.3, 0.4) is 0 Å². The van der Waals surface area contributed by atoms with Crippen molar-refractivity contribution in [3.63, 3.8) is 0 Å². The molecule has 0 fully saturated rings. The van der Waals surface area contributed by atoms with Crippen molar-refractivity contribution < 1.29 is 4.74 Å². The van der Waals surface area contributed by atoms with Crippen molar-refractivity contribution in [2.45, 2.75) is 13.5 Å². The van der Waals surface area contributed by atoms with Gasteiger partial charge in [-0.2, -0.15) is 0 Å². The molecule has 4 nitrogen and oxygen atoms in total. The lowest BCUT2D eigenvalue weighted by Crippen LogP contribution is -2.27. The molecule has 0 amide bonds. The molecular formula is C15H18ClN3O. The number of anilines is 1. The Morgan fingerprint density at radius 1 is 1.20 bits per heavy atom. The van der Waals surface area contributed by atoms with E-state index in [1.165, 1.54) is 5.56 Å². The van der Waals surface area contributed by atoms with E-state index in [2.05, 4.69) is 27.0 Å². The minimum absolute atomic E-state index is 0.461. The minimum atomic E-state index is 0.461. The molecule has 2 aromatic rings. The minimum Gasteiger partial charge on any atom is -0.383 e. The monoisotopic (exact) mass is 291 g/mol. The number of aromatic nitrogens is 2. The van der Waals surface area contributed by atoms with Crippen LogP contribution >= 0.6 is 11.6 Å². The van der Waals surface area contributed by atoms with Gasteiger partial charge in [-0.3, -0.25) is 0 Å². The number of hydrogen-bond acceptors (Lipinski definition) is 4. The summed E-state index contributed by atoms with van der Waals surface area (Å²) in [5.74, 6) is 1.49. The molecule has 1 aromatic carbocycles. The highest BCUT2D eigenvalue weighted by Gasteiger charge is 2.10. The Labute approximate surface area is 124 Å². The average molecular weight is 292 g/mol. The van der Waals surface area contributed by atoms with Crippen LogP contribution in [0.2, 0.25) is 5.15 Å². The first-order valence-electron chi connectivity index (χ1n) is 6.48. The lowest BCUT2D eigenvalue weighted by atomic mass is 10.2. The maximum absolute atomic E-state index is 6.02. The van der Waals surface area contributed by atoms with Crippen LogP contribution in [-0.2, 0) is 11.3 Å². The molecule has 106 valence electrons. The van der Waals surface area contributed by atoms with Crippen LogP contribution in [0.15, 0.2) is 36.4 Å². The maximum Gasteiger partial charge on any atom is 0.134 e. The highest BCUT2D eigenvalue weighted by molar-refractivity contribution is 6.29. The molecule has 0 unspecified atom stereocenters. The zero-order valence-electron chi connectivity index (χ0n) is 11.7. The van der Waals surface area contributed by atoms with Gasteiger partial charge in [0, 0.05) is 26.3 Å². The molecule has 0 spiro atoms. The normalized spacial score (nSPS) is 10.6. The third-order valence-corrected chi connectivity index (χ3v) is 3.09. The Morgan fingerprint density at radius 2 is 1.95 bits per heavy atom. The molecule has 0 radical (unpaired) electrons. The molecule has 2 rings (SSSR count). The molecule has 20 heavy (non-hydrogen) atoms. The quantitative estimate of drug-likeness (QED) is 0.767. The van der Waals surface area contributed by atoms with Gasteiger partial charge in [0.15, 0.2) is 0 Å². The number of rotatable bonds is 6. The SMILES string of the molecule is COCCN(Cc1ccccc1)c1cc(Cl)nc(C)n1. The Kier molecular flexibility index (Phi) is 5.32.